The number of rotatable bonds is 10. The van der Waals surface area contributed by atoms with Crippen molar-refractivity contribution >= 4 is 22.9 Å². The maximum atomic E-state index is 14.1. The summed E-state index contributed by atoms with van der Waals surface area (Å²) < 4.78 is 0. The molecule has 0 saturated carbocycles. The summed E-state index contributed by atoms with van der Waals surface area (Å²) in [6.45, 7) is 21.4. The second-order valence-electron chi connectivity index (χ2n) is 11.7. The first-order valence-corrected chi connectivity index (χ1v) is 14.3. The third-order valence-electron chi connectivity index (χ3n) is 7.23. The van der Waals surface area contributed by atoms with Gasteiger partial charge in [0, 0.05) is 16.8 Å². The van der Waals surface area contributed by atoms with E-state index in [2.05, 4.69) is 91.8 Å². The largest absolute Gasteiger partial charge is 1.00 e. The zero-order chi connectivity index (χ0) is 28.9. The van der Waals surface area contributed by atoms with Gasteiger partial charge in [-0.1, -0.05) is 140 Å². The van der Waals surface area contributed by atoms with E-state index in [-0.39, 0.29) is 24.6 Å². The van der Waals surface area contributed by atoms with Crippen molar-refractivity contribution in [2.24, 2.45) is 4.99 Å². The summed E-state index contributed by atoms with van der Waals surface area (Å²) in [6.07, 6.45) is 0. The van der Waals surface area contributed by atoms with E-state index in [4.69, 9.17) is 10.3 Å². The Morgan fingerprint density at radius 3 is 1.48 bits per heavy atom. The number of Topliss-reactive ketones (excluding diaryl/α,β-unsaturated/α-hetero) is 1. The van der Waals surface area contributed by atoms with Gasteiger partial charge in [0.25, 0.3) is 0 Å². The number of para-hydroxylation sites is 2. The first-order chi connectivity index (χ1) is 18.4. The number of hydrogen-bond acceptors (Lipinski definition) is 2. The van der Waals surface area contributed by atoms with E-state index < -0.39 is 0 Å². The molecule has 0 heterocycles. The molecule has 0 N–H and O–H groups in total. The van der Waals surface area contributed by atoms with Crippen LogP contribution >= 0.6 is 0 Å². The van der Waals surface area contributed by atoms with Crippen LogP contribution in [0.25, 0.3) is 5.32 Å². The van der Waals surface area contributed by atoms with Crippen LogP contribution in [0.2, 0.25) is 0 Å². The van der Waals surface area contributed by atoms with E-state index in [1.807, 2.05) is 44.2 Å². The number of carbonyl (C=O) groups excluding carboxylic acids is 1. The van der Waals surface area contributed by atoms with Crippen LogP contribution in [-0.4, -0.2) is 11.5 Å². The second-order valence-corrected chi connectivity index (χ2v) is 11.7. The molecule has 4 heteroatoms. The van der Waals surface area contributed by atoms with Crippen molar-refractivity contribution in [1.82, 2.24) is 0 Å². The Balaban J connectivity index is 0.00000560. The molecule has 0 aliphatic heterocycles. The van der Waals surface area contributed by atoms with Gasteiger partial charge in [0.15, 0.2) is 5.78 Å². The summed E-state index contributed by atoms with van der Waals surface area (Å²) in [7, 11) is 0. The maximum absolute atomic E-state index is 14.1. The van der Waals surface area contributed by atoms with Crippen LogP contribution in [0.15, 0.2) is 83.0 Å². The topological polar surface area (TPSA) is 43.5 Å². The van der Waals surface area contributed by atoms with Gasteiger partial charge < -0.3 is 5.32 Å². The number of carbonyl (C=O) groups is 1. The van der Waals surface area contributed by atoms with Crippen LogP contribution in [0.3, 0.4) is 0 Å². The summed E-state index contributed by atoms with van der Waals surface area (Å²) in [5, 5.41) is 5.20. The Hall–Kier alpha value is -2.86. The van der Waals surface area contributed by atoms with Crippen LogP contribution in [-0.2, 0) is 0 Å². The third kappa shape index (κ3) is 7.66. The van der Waals surface area contributed by atoms with Crippen molar-refractivity contribution in [2.75, 3.05) is 0 Å². The number of ketones is 1. The van der Waals surface area contributed by atoms with Gasteiger partial charge in [-0.2, -0.15) is 0 Å². The quantitative estimate of drug-likeness (QED) is 0.113. The third-order valence-corrected chi connectivity index (χ3v) is 7.23. The van der Waals surface area contributed by atoms with Crippen molar-refractivity contribution in [3.8, 4) is 0 Å². The summed E-state index contributed by atoms with van der Waals surface area (Å²) in [5.41, 5.74) is 9.27. The fourth-order valence-corrected chi connectivity index (χ4v) is 5.05. The fraction of sp³-hybridized carbons (Fsp3) is 0.389. The second kappa shape index (κ2) is 14.7. The number of benzene rings is 3. The Bertz CT molecular complexity index is 1310. The van der Waals surface area contributed by atoms with Gasteiger partial charge in [-0.25, -0.2) is 0 Å². The van der Waals surface area contributed by atoms with Crippen LogP contribution in [0.4, 0.5) is 11.4 Å². The molecule has 0 aliphatic carbocycles. The van der Waals surface area contributed by atoms with E-state index >= 15 is 0 Å². The molecule has 0 bridgehead atoms. The molecule has 206 valence electrons. The molecule has 0 fully saturated rings. The van der Waals surface area contributed by atoms with Gasteiger partial charge in [0.1, 0.15) is 0 Å². The Kier molecular flexibility index (Phi) is 12.2. The molecule has 0 aromatic heterocycles. The maximum Gasteiger partial charge on any atom is 1.00 e. The zero-order valence-corrected chi connectivity index (χ0v) is 26.5. The number of allylic oxidation sites excluding steroid dienone is 2. The fourth-order valence-electron chi connectivity index (χ4n) is 5.05. The molecule has 0 unspecified atom stereocenters. The Labute approximate surface area is 254 Å². The monoisotopic (exact) mass is 528 g/mol. The standard InChI is InChI=1S/C36H46N2O.Li/c1-22(2)29-18-14-19-30(23(3)4)34(29)37-26(9)33(36(39)28-16-12-11-13-17-28)27(10)38-35-31(24(5)6)20-15-21-32(35)25(7)8;/h11-25H,1-10H3,(H,37,38,39);/q;+1/p-1. The normalized spacial score (nSPS) is 12.6. The van der Waals surface area contributed by atoms with Gasteiger partial charge in [0.05, 0.1) is 5.69 Å². The van der Waals surface area contributed by atoms with Crippen LogP contribution in [0.5, 0.6) is 0 Å². The Morgan fingerprint density at radius 2 is 1.05 bits per heavy atom. The van der Waals surface area contributed by atoms with Crippen molar-refractivity contribution < 1.29 is 23.7 Å². The average molecular weight is 529 g/mol. The summed E-state index contributed by atoms with van der Waals surface area (Å²) in [6, 6.07) is 22.3. The van der Waals surface area contributed by atoms with Gasteiger partial charge >= 0.3 is 18.9 Å². The van der Waals surface area contributed by atoms with Gasteiger partial charge in [-0.3, -0.25) is 9.79 Å². The molecule has 0 atom stereocenters. The summed E-state index contributed by atoms with van der Waals surface area (Å²) >= 11 is 0. The van der Waals surface area contributed by atoms with Gasteiger partial charge in [-0.15, -0.1) is 11.4 Å². The van der Waals surface area contributed by atoms with Crippen LogP contribution < -0.4 is 18.9 Å². The van der Waals surface area contributed by atoms with Crippen molar-refractivity contribution in [1.29, 1.82) is 0 Å². The predicted molar refractivity (Wildman–Crippen MR) is 169 cm³/mol. The first kappa shape index (κ1) is 33.3. The van der Waals surface area contributed by atoms with Crippen LogP contribution in [0, 0.1) is 0 Å². The smallest absolute Gasteiger partial charge is 0.660 e. The summed E-state index contributed by atoms with van der Waals surface area (Å²) in [5.74, 6) is 1.18. The molecule has 3 aromatic carbocycles. The van der Waals surface area contributed by atoms with E-state index in [0.717, 1.165) is 11.4 Å². The average Bonchev–Trinajstić information content (AvgIpc) is 2.88. The van der Waals surface area contributed by atoms with E-state index in [0.29, 0.717) is 46.2 Å². The van der Waals surface area contributed by atoms with Crippen molar-refractivity contribution in [3.05, 3.63) is 111 Å². The molecular formula is C36H45LiN2O. The molecule has 40 heavy (non-hydrogen) atoms. The van der Waals surface area contributed by atoms with Gasteiger partial charge in [-0.05, 0) is 41.7 Å². The number of nitrogens with zero attached hydrogens (tertiary/aromatic N) is 2. The molecule has 0 radical (unpaired) electrons. The minimum Gasteiger partial charge on any atom is -0.660 e. The number of aliphatic imine (C=N–C) groups is 1. The predicted octanol–water partition coefficient (Wildman–Crippen LogP) is 8.14. The zero-order valence-electron chi connectivity index (χ0n) is 26.5. The molecule has 3 aromatic rings. The Morgan fingerprint density at radius 1 is 0.625 bits per heavy atom. The molecule has 3 rings (SSSR count). The number of hydrogen-bond donors (Lipinski definition) is 0. The summed E-state index contributed by atoms with van der Waals surface area (Å²) in [4.78, 5) is 19.3. The SMILES string of the molecule is CC(=Nc1c(C(C)C)cccc1C(C)C)/C(C(=O)c1ccccc1)=C(/C)[N-]c1c(C(C)C)cccc1C(C)C.[Li+]. The molecule has 0 aliphatic rings. The molecule has 0 amide bonds. The van der Waals surface area contributed by atoms with E-state index in [1.54, 1.807) is 0 Å². The molecule has 0 saturated heterocycles. The molecular weight excluding hydrogens is 483 g/mol. The molecule has 0 spiro atoms. The van der Waals surface area contributed by atoms with E-state index in [1.165, 1.54) is 22.3 Å². The van der Waals surface area contributed by atoms with Crippen molar-refractivity contribution in [2.45, 2.75) is 92.9 Å². The minimum atomic E-state index is -0.0562. The minimum absolute atomic E-state index is 0. The van der Waals surface area contributed by atoms with Crippen molar-refractivity contribution in [3.63, 3.8) is 0 Å². The first-order valence-electron chi connectivity index (χ1n) is 14.3. The van der Waals surface area contributed by atoms with E-state index in [9.17, 15) is 4.79 Å². The molecule has 3 nitrogen and oxygen atoms in total. The van der Waals surface area contributed by atoms with Gasteiger partial charge in [0.2, 0.25) is 0 Å². The van der Waals surface area contributed by atoms with Crippen LogP contribution in [0.1, 0.15) is 126 Å².